The molecule has 0 saturated carbocycles. The summed E-state index contributed by atoms with van der Waals surface area (Å²) >= 11 is 0. The zero-order valence-corrected chi connectivity index (χ0v) is 16.0. The number of imide groups is 1. The van der Waals surface area contributed by atoms with Crippen molar-refractivity contribution >= 4 is 28.6 Å². The lowest BCUT2D eigenvalue weighted by Crippen LogP contribution is -2.30. The van der Waals surface area contributed by atoms with E-state index in [2.05, 4.69) is 34.9 Å². The molecule has 0 unspecified atom stereocenters. The quantitative estimate of drug-likeness (QED) is 0.659. The van der Waals surface area contributed by atoms with Crippen LogP contribution in [-0.2, 0) is 11.3 Å². The highest BCUT2D eigenvalue weighted by molar-refractivity contribution is 6.01. The Hall–Kier alpha value is -3.67. The van der Waals surface area contributed by atoms with Gasteiger partial charge in [0.05, 0.1) is 19.1 Å². The van der Waals surface area contributed by atoms with Crippen LogP contribution < -0.4 is 10.6 Å². The van der Waals surface area contributed by atoms with Crippen LogP contribution in [0.15, 0.2) is 66.7 Å². The fraction of sp³-hybridized carbons (Fsp3) is 0.174. The van der Waals surface area contributed by atoms with Gasteiger partial charge in [-0.1, -0.05) is 48.5 Å². The average Bonchev–Trinajstić information content (AvgIpc) is 3.06. The van der Waals surface area contributed by atoms with E-state index in [0.29, 0.717) is 5.56 Å². The minimum absolute atomic E-state index is 0.0337. The predicted octanol–water partition coefficient (Wildman–Crippen LogP) is 3.38. The Bertz CT molecular complexity index is 1080. The van der Waals surface area contributed by atoms with E-state index < -0.39 is 0 Å². The van der Waals surface area contributed by atoms with Crippen molar-refractivity contribution in [3.63, 3.8) is 0 Å². The van der Waals surface area contributed by atoms with Crippen LogP contribution in [0.2, 0.25) is 0 Å². The van der Waals surface area contributed by atoms with Crippen LogP contribution in [-0.4, -0.2) is 29.3 Å². The summed E-state index contributed by atoms with van der Waals surface area (Å²) in [6, 6.07) is 20.7. The van der Waals surface area contributed by atoms with Crippen LogP contribution in [0.3, 0.4) is 0 Å². The van der Waals surface area contributed by atoms with Gasteiger partial charge in [-0.05, 0) is 47.0 Å². The van der Waals surface area contributed by atoms with E-state index in [1.807, 2.05) is 25.1 Å². The number of carbonyl (C=O) groups is 3. The predicted molar refractivity (Wildman–Crippen MR) is 110 cm³/mol. The Kier molecular flexibility index (Phi) is 4.99. The molecule has 0 radical (unpaired) electrons. The van der Waals surface area contributed by atoms with Crippen LogP contribution in [0.1, 0.15) is 34.5 Å². The SMILES string of the molecule is C[C@@H](NC(=O)c1ccc(CN2C(=O)CNC2=O)cc1)c1ccc2ccccc2c1. The molecule has 4 amide bonds. The number of rotatable bonds is 5. The van der Waals surface area contributed by atoms with Gasteiger partial charge in [0.2, 0.25) is 5.91 Å². The molecule has 29 heavy (non-hydrogen) atoms. The molecule has 3 aromatic rings. The molecule has 4 rings (SSSR count). The van der Waals surface area contributed by atoms with Crippen LogP contribution in [0.5, 0.6) is 0 Å². The average molecular weight is 387 g/mol. The molecule has 1 fully saturated rings. The minimum atomic E-state index is -0.388. The van der Waals surface area contributed by atoms with E-state index >= 15 is 0 Å². The molecule has 6 heteroatoms. The van der Waals surface area contributed by atoms with Crippen molar-refractivity contribution in [2.75, 3.05) is 6.54 Å². The van der Waals surface area contributed by atoms with E-state index in [0.717, 1.165) is 26.8 Å². The van der Waals surface area contributed by atoms with E-state index in [4.69, 9.17) is 0 Å². The molecule has 0 aliphatic carbocycles. The highest BCUT2D eigenvalue weighted by Crippen LogP contribution is 2.20. The third-order valence-corrected chi connectivity index (χ3v) is 5.11. The maximum absolute atomic E-state index is 12.6. The van der Waals surface area contributed by atoms with Gasteiger partial charge >= 0.3 is 6.03 Å². The van der Waals surface area contributed by atoms with Crippen LogP contribution in [0.4, 0.5) is 4.79 Å². The fourth-order valence-electron chi connectivity index (χ4n) is 3.40. The topological polar surface area (TPSA) is 78.5 Å². The van der Waals surface area contributed by atoms with Crippen molar-refractivity contribution in [2.45, 2.75) is 19.5 Å². The molecular weight excluding hydrogens is 366 g/mol. The largest absolute Gasteiger partial charge is 0.346 e. The van der Waals surface area contributed by atoms with Crippen molar-refractivity contribution in [1.29, 1.82) is 0 Å². The number of hydrogen-bond donors (Lipinski definition) is 2. The summed E-state index contributed by atoms with van der Waals surface area (Å²) in [5.41, 5.74) is 2.35. The van der Waals surface area contributed by atoms with Gasteiger partial charge in [0.25, 0.3) is 5.91 Å². The van der Waals surface area contributed by atoms with Gasteiger partial charge in [-0.3, -0.25) is 14.5 Å². The second-order valence-electron chi connectivity index (χ2n) is 7.14. The maximum atomic E-state index is 12.6. The molecule has 0 aromatic heterocycles. The molecule has 6 nitrogen and oxygen atoms in total. The highest BCUT2D eigenvalue weighted by Gasteiger charge is 2.28. The molecule has 1 heterocycles. The van der Waals surface area contributed by atoms with Gasteiger partial charge in [0, 0.05) is 5.56 Å². The fourth-order valence-corrected chi connectivity index (χ4v) is 3.40. The molecule has 1 saturated heterocycles. The maximum Gasteiger partial charge on any atom is 0.324 e. The molecule has 1 atom stereocenters. The third kappa shape index (κ3) is 3.96. The summed E-state index contributed by atoms with van der Waals surface area (Å²) in [6.45, 7) is 2.18. The van der Waals surface area contributed by atoms with Crippen molar-refractivity contribution in [3.05, 3.63) is 83.4 Å². The van der Waals surface area contributed by atoms with E-state index in [9.17, 15) is 14.4 Å². The first-order valence-electron chi connectivity index (χ1n) is 9.48. The summed E-state index contributed by atoms with van der Waals surface area (Å²) in [4.78, 5) is 37.1. The zero-order chi connectivity index (χ0) is 20.4. The highest BCUT2D eigenvalue weighted by atomic mass is 16.2. The summed E-state index contributed by atoms with van der Waals surface area (Å²) in [5, 5.41) is 7.80. The number of urea groups is 1. The van der Waals surface area contributed by atoms with Gasteiger partial charge in [-0.2, -0.15) is 0 Å². The van der Waals surface area contributed by atoms with Crippen molar-refractivity contribution < 1.29 is 14.4 Å². The van der Waals surface area contributed by atoms with Gasteiger partial charge < -0.3 is 10.6 Å². The summed E-state index contributed by atoms with van der Waals surface area (Å²) in [6.07, 6.45) is 0. The van der Waals surface area contributed by atoms with Crippen LogP contribution in [0.25, 0.3) is 10.8 Å². The lowest BCUT2D eigenvalue weighted by molar-refractivity contribution is -0.125. The Morgan fingerprint density at radius 1 is 1.03 bits per heavy atom. The number of amides is 4. The van der Waals surface area contributed by atoms with Gasteiger partial charge in [0.15, 0.2) is 0 Å². The van der Waals surface area contributed by atoms with Crippen molar-refractivity contribution in [2.24, 2.45) is 0 Å². The summed E-state index contributed by atoms with van der Waals surface area (Å²) in [5.74, 6) is -0.423. The molecule has 0 spiro atoms. The molecule has 1 aliphatic heterocycles. The Balaban J connectivity index is 1.42. The van der Waals surface area contributed by atoms with Gasteiger partial charge in [-0.15, -0.1) is 0 Å². The van der Waals surface area contributed by atoms with Gasteiger partial charge in [-0.25, -0.2) is 4.79 Å². The lowest BCUT2D eigenvalue weighted by Gasteiger charge is -2.16. The zero-order valence-electron chi connectivity index (χ0n) is 16.0. The smallest absolute Gasteiger partial charge is 0.324 e. The number of hydrogen-bond acceptors (Lipinski definition) is 3. The molecule has 2 N–H and O–H groups in total. The summed E-state index contributed by atoms with van der Waals surface area (Å²) < 4.78 is 0. The molecular formula is C23H21N3O3. The number of nitrogens with one attached hydrogen (secondary N) is 2. The van der Waals surface area contributed by atoms with E-state index in [-0.39, 0.29) is 37.0 Å². The molecule has 1 aliphatic rings. The monoisotopic (exact) mass is 387 g/mol. The van der Waals surface area contributed by atoms with E-state index in [1.54, 1.807) is 24.3 Å². The molecule has 3 aromatic carbocycles. The van der Waals surface area contributed by atoms with Crippen molar-refractivity contribution in [3.8, 4) is 0 Å². The molecule has 146 valence electrons. The normalized spacial score (nSPS) is 14.7. The van der Waals surface area contributed by atoms with Gasteiger partial charge in [0.1, 0.15) is 0 Å². The summed E-state index contributed by atoms with van der Waals surface area (Å²) in [7, 11) is 0. The Morgan fingerprint density at radius 2 is 1.76 bits per heavy atom. The standard InChI is InChI=1S/C23H21N3O3/c1-15(19-11-10-17-4-2-3-5-20(17)12-19)25-22(28)18-8-6-16(7-9-18)14-26-21(27)13-24-23(26)29/h2-12,15H,13-14H2,1H3,(H,24,29)(H,25,28)/t15-/m1/s1. The second kappa shape index (κ2) is 7.75. The Labute approximate surface area is 168 Å². The third-order valence-electron chi connectivity index (χ3n) is 5.11. The van der Waals surface area contributed by atoms with Crippen LogP contribution in [0, 0.1) is 0 Å². The minimum Gasteiger partial charge on any atom is -0.346 e. The lowest BCUT2D eigenvalue weighted by atomic mass is 10.0. The van der Waals surface area contributed by atoms with Crippen LogP contribution >= 0.6 is 0 Å². The first kappa shape index (κ1) is 18.7. The van der Waals surface area contributed by atoms with Crippen molar-refractivity contribution in [1.82, 2.24) is 15.5 Å². The van der Waals surface area contributed by atoms with E-state index in [1.165, 1.54) is 0 Å². The molecule has 0 bridgehead atoms. The number of fused-ring (bicyclic) bond motifs is 1. The Morgan fingerprint density at radius 3 is 2.45 bits per heavy atom. The number of carbonyl (C=O) groups excluding carboxylic acids is 3. The second-order valence-corrected chi connectivity index (χ2v) is 7.14. The number of benzene rings is 3. The first-order chi connectivity index (χ1) is 14.0. The first-order valence-corrected chi connectivity index (χ1v) is 9.48. The number of nitrogens with zero attached hydrogens (tertiary/aromatic N) is 1.